The van der Waals surface area contributed by atoms with Gasteiger partial charge in [-0.05, 0) is 17.9 Å². The molecule has 1 aromatic carbocycles. The molecule has 0 saturated carbocycles. The molecule has 0 heterocycles. The Labute approximate surface area is 155 Å². The van der Waals surface area contributed by atoms with Gasteiger partial charge in [-0.15, -0.1) is 11.6 Å². The van der Waals surface area contributed by atoms with Crippen LogP contribution in [0.2, 0.25) is 0 Å². The van der Waals surface area contributed by atoms with Gasteiger partial charge in [0.05, 0.1) is 6.61 Å². The van der Waals surface area contributed by atoms with Crippen molar-refractivity contribution in [2.45, 2.75) is 46.8 Å². The lowest BCUT2D eigenvalue weighted by atomic mass is 9.91. The van der Waals surface area contributed by atoms with E-state index in [9.17, 15) is 9.59 Å². The zero-order valence-corrected chi connectivity index (χ0v) is 16.1. The van der Waals surface area contributed by atoms with Crippen LogP contribution < -0.4 is 5.32 Å². The zero-order chi connectivity index (χ0) is 18.9. The van der Waals surface area contributed by atoms with Gasteiger partial charge in [0.2, 0.25) is 0 Å². The molecular formula is C19H28ClNO4. The first-order chi connectivity index (χ1) is 11.7. The third-order valence-corrected chi connectivity index (χ3v) is 3.97. The molecule has 0 aliphatic heterocycles. The number of amides is 1. The van der Waals surface area contributed by atoms with Gasteiger partial charge in [-0.3, -0.25) is 0 Å². The Morgan fingerprint density at radius 3 is 2.36 bits per heavy atom. The number of ether oxygens (including phenoxy) is 2. The van der Waals surface area contributed by atoms with Crippen molar-refractivity contribution in [3.8, 4) is 0 Å². The Bertz CT molecular complexity index is 546. The lowest BCUT2D eigenvalue weighted by molar-refractivity contribution is -0.150. The summed E-state index contributed by atoms with van der Waals surface area (Å²) < 4.78 is 10.5. The highest BCUT2D eigenvalue weighted by Crippen LogP contribution is 2.21. The molecule has 0 spiro atoms. The predicted molar refractivity (Wildman–Crippen MR) is 98.5 cm³/mol. The van der Waals surface area contributed by atoms with Gasteiger partial charge in [0.15, 0.2) is 0 Å². The molecule has 0 saturated heterocycles. The van der Waals surface area contributed by atoms with Crippen LogP contribution in [0.1, 0.15) is 39.7 Å². The molecule has 0 aromatic heterocycles. The largest absolute Gasteiger partial charge is 0.464 e. The third kappa shape index (κ3) is 8.25. The van der Waals surface area contributed by atoms with Gasteiger partial charge in [-0.25, -0.2) is 9.59 Å². The van der Waals surface area contributed by atoms with Crippen LogP contribution in [0, 0.1) is 11.3 Å². The molecule has 0 aliphatic rings. The number of hydrogen-bond acceptors (Lipinski definition) is 4. The van der Waals surface area contributed by atoms with E-state index in [4.69, 9.17) is 21.1 Å². The number of carbonyl (C=O) groups excluding carboxylic acids is 2. The number of rotatable bonds is 9. The van der Waals surface area contributed by atoms with E-state index < -0.39 is 18.1 Å². The predicted octanol–water partition coefficient (Wildman–Crippen LogP) is 4.14. The van der Waals surface area contributed by atoms with Crippen molar-refractivity contribution in [1.82, 2.24) is 5.32 Å². The van der Waals surface area contributed by atoms with Crippen LogP contribution in [0.25, 0.3) is 0 Å². The molecule has 0 unspecified atom stereocenters. The van der Waals surface area contributed by atoms with Crippen LogP contribution in [-0.4, -0.2) is 30.6 Å². The second-order valence-corrected chi connectivity index (χ2v) is 7.52. The Morgan fingerprint density at radius 2 is 1.80 bits per heavy atom. The fraction of sp³-hybridized carbons (Fsp3) is 0.579. The summed E-state index contributed by atoms with van der Waals surface area (Å²) in [7, 11) is 0. The van der Waals surface area contributed by atoms with Crippen molar-refractivity contribution in [3.05, 3.63) is 35.9 Å². The average molecular weight is 370 g/mol. The van der Waals surface area contributed by atoms with Crippen LogP contribution >= 0.6 is 11.6 Å². The van der Waals surface area contributed by atoms with Crippen LogP contribution in [0.5, 0.6) is 0 Å². The summed E-state index contributed by atoms with van der Waals surface area (Å²) in [5, 5.41) is 2.59. The lowest BCUT2D eigenvalue weighted by Gasteiger charge is -2.26. The van der Waals surface area contributed by atoms with Crippen LogP contribution in [0.4, 0.5) is 4.79 Å². The van der Waals surface area contributed by atoms with Crippen LogP contribution in [-0.2, 0) is 20.9 Å². The number of alkyl halides is 1. The van der Waals surface area contributed by atoms with Gasteiger partial charge >= 0.3 is 12.1 Å². The van der Waals surface area contributed by atoms with Gasteiger partial charge in [0, 0.05) is 11.3 Å². The smallest absolute Gasteiger partial charge is 0.408 e. The first kappa shape index (κ1) is 21.3. The van der Waals surface area contributed by atoms with Gasteiger partial charge < -0.3 is 14.8 Å². The van der Waals surface area contributed by atoms with Crippen molar-refractivity contribution in [3.63, 3.8) is 0 Å². The third-order valence-electron chi connectivity index (χ3n) is 3.78. The Morgan fingerprint density at radius 1 is 1.16 bits per heavy atom. The van der Waals surface area contributed by atoms with Gasteiger partial charge in [0.1, 0.15) is 12.6 Å². The fourth-order valence-corrected chi connectivity index (χ4v) is 2.59. The zero-order valence-electron chi connectivity index (χ0n) is 15.4. The van der Waals surface area contributed by atoms with E-state index in [0.29, 0.717) is 5.88 Å². The maximum atomic E-state index is 12.3. The highest BCUT2D eigenvalue weighted by Gasteiger charge is 2.28. The Balaban J connectivity index is 2.52. The average Bonchev–Trinajstić information content (AvgIpc) is 2.56. The Kier molecular flexibility index (Phi) is 8.76. The van der Waals surface area contributed by atoms with Crippen molar-refractivity contribution in [2.24, 2.45) is 11.3 Å². The fourth-order valence-electron chi connectivity index (χ4n) is 2.07. The van der Waals surface area contributed by atoms with E-state index in [-0.39, 0.29) is 24.5 Å². The number of esters is 1. The molecule has 0 bridgehead atoms. The number of nitrogens with one attached hydrogen (secondary N) is 1. The number of hydrogen-bond donors (Lipinski definition) is 1. The number of benzene rings is 1. The van der Waals surface area contributed by atoms with Crippen LogP contribution in [0.15, 0.2) is 30.3 Å². The molecule has 1 amide bonds. The molecule has 140 valence electrons. The quantitative estimate of drug-likeness (QED) is 0.525. The summed E-state index contributed by atoms with van der Waals surface area (Å²) in [6, 6.07) is 8.59. The highest BCUT2D eigenvalue weighted by atomic mass is 35.5. The monoisotopic (exact) mass is 369 g/mol. The van der Waals surface area contributed by atoms with Gasteiger partial charge in [-0.1, -0.05) is 58.0 Å². The second-order valence-electron chi connectivity index (χ2n) is 7.14. The molecular weight excluding hydrogens is 342 g/mol. The van der Waals surface area contributed by atoms with Crippen molar-refractivity contribution in [2.75, 3.05) is 12.5 Å². The second kappa shape index (κ2) is 10.3. The summed E-state index contributed by atoms with van der Waals surface area (Å²) in [5.41, 5.74) is 0.677. The summed E-state index contributed by atoms with van der Waals surface area (Å²) in [6.07, 6.45) is 0.0975. The van der Waals surface area contributed by atoms with E-state index in [1.807, 2.05) is 58.0 Å². The summed E-state index contributed by atoms with van der Waals surface area (Å²) >= 11 is 5.75. The number of halogens is 1. The van der Waals surface area contributed by atoms with E-state index in [1.165, 1.54) is 0 Å². The molecule has 1 N–H and O–H groups in total. The highest BCUT2D eigenvalue weighted by molar-refractivity contribution is 6.17. The molecule has 0 radical (unpaired) electrons. The SMILES string of the molecule is CC(C)[C@H](NC(=O)OCc1ccccc1)C(=O)OCC(C)(C)CCCl. The standard InChI is InChI=1S/C19H28ClNO4/c1-14(2)16(17(22)25-13-19(3,4)10-11-20)21-18(23)24-12-15-8-6-5-7-9-15/h5-9,14,16H,10-13H2,1-4H3,(H,21,23)/t16-/m0/s1. The molecule has 25 heavy (non-hydrogen) atoms. The normalized spacial score (nSPS) is 12.6. The maximum Gasteiger partial charge on any atom is 0.408 e. The number of carbonyl (C=O) groups is 2. The van der Waals surface area contributed by atoms with E-state index in [1.54, 1.807) is 0 Å². The molecule has 1 rings (SSSR count). The minimum absolute atomic E-state index is 0.118. The molecule has 6 heteroatoms. The Hall–Kier alpha value is -1.75. The lowest BCUT2D eigenvalue weighted by Crippen LogP contribution is -2.46. The molecule has 1 aromatic rings. The van der Waals surface area contributed by atoms with Gasteiger partial charge in [-0.2, -0.15) is 0 Å². The molecule has 1 atom stereocenters. The molecule has 0 aliphatic carbocycles. The van der Waals surface area contributed by atoms with Gasteiger partial charge in [0.25, 0.3) is 0 Å². The molecule has 5 nitrogen and oxygen atoms in total. The van der Waals surface area contributed by atoms with Crippen molar-refractivity contribution >= 4 is 23.7 Å². The summed E-state index contributed by atoms with van der Waals surface area (Å²) in [5.74, 6) is -0.0791. The minimum atomic E-state index is -0.755. The van der Waals surface area contributed by atoms with Crippen molar-refractivity contribution in [1.29, 1.82) is 0 Å². The van der Waals surface area contributed by atoms with Crippen molar-refractivity contribution < 1.29 is 19.1 Å². The number of alkyl carbamates (subject to hydrolysis) is 1. The first-order valence-electron chi connectivity index (χ1n) is 8.45. The topological polar surface area (TPSA) is 64.6 Å². The summed E-state index contributed by atoms with van der Waals surface area (Å²) in [4.78, 5) is 24.3. The minimum Gasteiger partial charge on any atom is -0.464 e. The maximum absolute atomic E-state index is 12.3. The first-order valence-corrected chi connectivity index (χ1v) is 8.98. The summed E-state index contributed by atoms with van der Waals surface area (Å²) in [6.45, 7) is 8.04. The van der Waals surface area contributed by atoms with E-state index >= 15 is 0 Å². The van der Waals surface area contributed by atoms with Crippen LogP contribution in [0.3, 0.4) is 0 Å². The molecule has 0 fully saturated rings. The van der Waals surface area contributed by atoms with E-state index in [0.717, 1.165) is 12.0 Å². The van der Waals surface area contributed by atoms with E-state index in [2.05, 4.69) is 5.32 Å².